The summed E-state index contributed by atoms with van der Waals surface area (Å²) in [6.07, 6.45) is -7.43. The SMILES string of the molecule is CO[Si](C)(OC)C(C)C(F)(F)C(F)(F)C(F)(F)C(F)(F)C(F)(F)C(F)(F)F. The molecular weight excluding hydrogens is 439 g/mol. The average molecular weight is 452 g/mol. The van der Waals surface area contributed by atoms with Crippen LogP contribution in [0.1, 0.15) is 6.92 Å². The minimum absolute atomic E-state index is 0.114. The minimum atomic E-state index is -7.91. The van der Waals surface area contributed by atoms with Gasteiger partial charge in [0, 0.05) is 14.2 Å². The quantitative estimate of drug-likeness (QED) is 0.359. The highest BCUT2D eigenvalue weighted by Gasteiger charge is 2.91. The van der Waals surface area contributed by atoms with Gasteiger partial charge in [-0.1, -0.05) is 6.92 Å². The summed E-state index contributed by atoms with van der Waals surface area (Å²) >= 11 is 0. The molecule has 0 saturated heterocycles. The molecule has 0 bridgehead atoms. The lowest BCUT2D eigenvalue weighted by Gasteiger charge is -2.43. The van der Waals surface area contributed by atoms with Crippen molar-refractivity contribution in [3.8, 4) is 0 Å². The minimum Gasteiger partial charge on any atom is -0.397 e. The third-order valence-corrected chi connectivity index (χ3v) is 7.66. The van der Waals surface area contributed by atoms with E-state index in [-0.39, 0.29) is 6.92 Å². The summed E-state index contributed by atoms with van der Waals surface area (Å²) in [6.45, 7) is 0.742. The largest absolute Gasteiger partial charge is 0.460 e. The van der Waals surface area contributed by atoms with E-state index in [4.69, 9.17) is 0 Å². The van der Waals surface area contributed by atoms with Crippen LogP contribution in [0.25, 0.3) is 0 Å². The van der Waals surface area contributed by atoms with Gasteiger partial charge in [0.05, 0.1) is 5.54 Å². The highest BCUT2D eigenvalue weighted by atomic mass is 28.4. The first-order valence-corrected chi connectivity index (χ1v) is 8.98. The number of halogens is 13. The molecule has 0 heterocycles. The Hall–Kier alpha value is -0.773. The van der Waals surface area contributed by atoms with E-state index < -0.39 is 49.9 Å². The smallest absolute Gasteiger partial charge is 0.397 e. The molecule has 0 saturated carbocycles. The molecule has 164 valence electrons. The summed E-state index contributed by atoms with van der Waals surface area (Å²) in [7, 11) is -3.22. The zero-order valence-corrected chi connectivity index (χ0v) is 14.8. The number of rotatable bonds is 8. The normalized spacial score (nSPS) is 17.2. The molecule has 1 atom stereocenters. The molecule has 0 aromatic heterocycles. The predicted molar refractivity (Wildman–Crippen MR) is 65.9 cm³/mol. The van der Waals surface area contributed by atoms with Gasteiger partial charge < -0.3 is 8.85 Å². The molecule has 0 aliphatic heterocycles. The predicted octanol–water partition coefficient (Wildman–Crippen LogP) is 5.48. The van der Waals surface area contributed by atoms with Crippen molar-refractivity contribution < 1.29 is 65.9 Å². The summed E-state index contributed by atoms with van der Waals surface area (Å²) in [5.74, 6) is -37.0. The van der Waals surface area contributed by atoms with Gasteiger partial charge in [0.2, 0.25) is 0 Å². The third kappa shape index (κ3) is 3.51. The van der Waals surface area contributed by atoms with Crippen LogP contribution in [0, 0.1) is 0 Å². The van der Waals surface area contributed by atoms with E-state index in [9.17, 15) is 57.1 Å². The zero-order valence-electron chi connectivity index (χ0n) is 13.8. The Bertz CT molecular complexity index is 527. The summed E-state index contributed by atoms with van der Waals surface area (Å²) in [5.41, 5.74) is -3.07. The van der Waals surface area contributed by atoms with Gasteiger partial charge >= 0.3 is 44.3 Å². The van der Waals surface area contributed by atoms with Gasteiger partial charge in [-0.2, -0.15) is 57.1 Å². The molecule has 0 amide bonds. The van der Waals surface area contributed by atoms with E-state index in [1.54, 1.807) is 0 Å². The van der Waals surface area contributed by atoms with Gasteiger partial charge in [0.15, 0.2) is 0 Å². The van der Waals surface area contributed by atoms with E-state index in [0.29, 0.717) is 20.8 Å². The van der Waals surface area contributed by atoms with Gasteiger partial charge in [-0.25, -0.2) is 0 Å². The molecule has 0 aliphatic carbocycles. The number of hydrogen-bond acceptors (Lipinski definition) is 2. The summed E-state index contributed by atoms with van der Waals surface area (Å²) in [5, 5.41) is 0. The van der Waals surface area contributed by atoms with Crippen LogP contribution in [-0.2, 0) is 8.85 Å². The summed E-state index contributed by atoms with van der Waals surface area (Å²) in [4.78, 5) is 0. The molecule has 2 nitrogen and oxygen atoms in total. The van der Waals surface area contributed by atoms with E-state index in [0.717, 1.165) is 0 Å². The van der Waals surface area contributed by atoms with Crippen molar-refractivity contribution in [2.75, 3.05) is 14.2 Å². The van der Waals surface area contributed by atoms with Crippen LogP contribution in [0.15, 0.2) is 0 Å². The van der Waals surface area contributed by atoms with Crippen LogP contribution >= 0.6 is 0 Å². The Morgan fingerprint density at radius 3 is 1.15 bits per heavy atom. The topological polar surface area (TPSA) is 18.5 Å². The van der Waals surface area contributed by atoms with Crippen LogP contribution in [0.4, 0.5) is 57.1 Å². The molecular formula is C11H13F13O2Si. The van der Waals surface area contributed by atoms with Crippen molar-refractivity contribution in [1.82, 2.24) is 0 Å². The fraction of sp³-hybridized carbons (Fsp3) is 1.00. The maximum Gasteiger partial charge on any atom is 0.460 e. The molecule has 0 aromatic carbocycles. The standard InChI is InChI=1S/C11H13F13O2Si/c1-5(27(4,25-2)26-3)6(12,13)7(14,15)8(16,17)9(18,19)10(20,21)11(22,23)24/h5H,1-4H3. The maximum atomic E-state index is 14.0. The molecule has 27 heavy (non-hydrogen) atoms. The molecule has 0 aromatic rings. The first-order chi connectivity index (χ1) is 11.5. The fourth-order valence-corrected chi connectivity index (χ4v) is 3.53. The van der Waals surface area contributed by atoms with Crippen molar-refractivity contribution >= 4 is 8.56 Å². The van der Waals surface area contributed by atoms with E-state index in [2.05, 4.69) is 8.85 Å². The monoisotopic (exact) mass is 452 g/mol. The van der Waals surface area contributed by atoms with Crippen LogP contribution < -0.4 is 0 Å². The molecule has 0 aliphatic rings. The van der Waals surface area contributed by atoms with Crippen molar-refractivity contribution in [2.45, 2.75) is 54.8 Å². The van der Waals surface area contributed by atoms with Gasteiger partial charge in [-0.05, 0) is 6.55 Å². The zero-order chi connectivity index (χ0) is 22.5. The van der Waals surface area contributed by atoms with Crippen molar-refractivity contribution in [3.63, 3.8) is 0 Å². The van der Waals surface area contributed by atoms with Gasteiger partial charge in [-0.15, -0.1) is 0 Å². The molecule has 0 fully saturated rings. The average Bonchev–Trinajstić information content (AvgIpc) is 2.51. The molecule has 0 spiro atoms. The summed E-state index contributed by atoms with van der Waals surface area (Å²) < 4.78 is 179. The Morgan fingerprint density at radius 2 is 0.889 bits per heavy atom. The van der Waals surface area contributed by atoms with Gasteiger partial charge in [-0.3, -0.25) is 0 Å². The lowest BCUT2D eigenvalue weighted by molar-refractivity contribution is -0.440. The van der Waals surface area contributed by atoms with Gasteiger partial charge in [0.1, 0.15) is 0 Å². The first-order valence-electron chi connectivity index (χ1n) is 6.59. The second kappa shape index (κ2) is 6.93. The van der Waals surface area contributed by atoms with E-state index in [1.807, 2.05) is 0 Å². The number of hydrogen-bond donors (Lipinski definition) is 0. The third-order valence-electron chi connectivity index (χ3n) is 4.10. The Kier molecular flexibility index (Phi) is 6.73. The Labute approximate surface area is 144 Å². The molecule has 1 unspecified atom stereocenters. The van der Waals surface area contributed by atoms with Crippen molar-refractivity contribution in [1.29, 1.82) is 0 Å². The van der Waals surface area contributed by atoms with Crippen LogP contribution in [0.2, 0.25) is 12.1 Å². The van der Waals surface area contributed by atoms with Crippen molar-refractivity contribution in [2.24, 2.45) is 0 Å². The maximum absolute atomic E-state index is 14.0. The second-order valence-corrected chi connectivity index (χ2v) is 9.28. The lowest BCUT2D eigenvalue weighted by Crippen LogP contribution is -2.71. The molecule has 0 N–H and O–H groups in total. The highest BCUT2D eigenvalue weighted by Crippen LogP contribution is 2.62. The second-order valence-electron chi connectivity index (χ2n) is 5.56. The van der Waals surface area contributed by atoms with Crippen LogP contribution in [0.5, 0.6) is 0 Å². The molecule has 0 radical (unpaired) electrons. The Morgan fingerprint density at radius 1 is 0.593 bits per heavy atom. The number of alkyl halides is 13. The van der Waals surface area contributed by atoms with Crippen molar-refractivity contribution in [3.05, 3.63) is 0 Å². The fourth-order valence-electron chi connectivity index (χ4n) is 1.82. The van der Waals surface area contributed by atoms with Crippen LogP contribution in [0.3, 0.4) is 0 Å². The van der Waals surface area contributed by atoms with Crippen LogP contribution in [-0.4, -0.2) is 58.6 Å². The summed E-state index contributed by atoms with van der Waals surface area (Å²) in [6, 6.07) is 0. The lowest BCUT2D eigenvalue weighted by atomic mass is 9.93. The van der Waals surface area contributed by atoms with Gasteiger partial charge in [0.25, 0.3) is 0 Å². The molecule has 0 rings (SSSR count). The first kappa shape index (κ1) is 26.2. The van der Waals surface area contributed by atoms with E-state index >= 15 is 0 Å². The highest BCUT2D eigenvalue weighted by molar-refractivity contribution is 6.67. The Balaban J connectivity index is 6.47. The van der Waals surface area contributed by atoms with E-state index in [1.165, 1.54) is 0 Å². The molecule has 16 heteroatoms.